The average Bonchev–Trinajstić information content (AvgIpc) is 2.67. The molecule has 7 heteroatoms. The topological polar surface area (TPSA) is 61.4 Å². The second-order valence-electron chi connectivity index (χ2n) is 7.23. The Bertz CT molecular complexity index is 844. The Morgan fingerprint density at radius 1 is 1.24 bits per heavy atom. The summed E-state index contributed by atoms with van der Waals surface area (Å²) in [6.07, 6.45) is 0.161. The van der Waals surface area contributed by atoms with Crippen molar-refractivity contribution < 1.29 is 14.0 Å². The van der Waals surface area contributed by atoms with Crippen LogP contribution in [-0.2, 0) is 9.59 Å². The summed E-state index contributed by atoms with van der Waals surface area (Å²) in [5.41, 5.74) is 2.78. The van der Waals surface area contributed by atoms with Gasteiger partial charge in [0.25, 0.3) is 0 Å². The maximum atomic E-state index is 13.7. The van der Waals surface area contributed by atoms with Gasteiger partial charge in [0.15, 0.2) is 0 Å². The summed E-state index contributed by atoms with van der Waals surface area (Å²) in [4.78, 5) is 26.6. The summed E-state index contributed by atoms with van der Waals surface area (Å²) in [7, 11) is 0. The van der Waals surface area contributed by atoms with E-state index in [9.17, 15) is 14.0 Å². The molecule has 0 spiro atoms. The van der Waals surface area contributed by atoms with Gasteiger partial charge in [-0.25, -0.2) is 4.39 Å². The number of hydrogen-bond acceptors (Lipinski definition) is 3. The number of halogens is 2. The number of piperazine rings is 1. The molecule has 1 heterocycles. The molecule has 2 amide bonds. The average molecular weight is 420 g/mol. The van der Waals surface area contributed by atoms with Crippen molar-refractivity contribution in [2.24, 2.45) is 0 Å². The maximum Gasteiger partial charge on any atom is 0.225 e. The van der Waals surface area contributed by atoms with Gasteiger partial charge in [0.05, 0.1) is 18.5 Å². The predicted octanol–water partition coefficient (Wildman–Crippen LogP) is 3.30. The van der Waals surface area contributed by atoms with E-state index in [0.717, 1.165) is 16.7 Å². The van der Waals surface area contributed by atoms with Gasteiger partial charge in [0.1, 0.15) is 5.82 Å². The van der Waals surface area contributed by atoms with Gasteiger partial charge in [-0.15, -0.1) is 12.4 Å². The molecule has 156 valence electrons. The van der Waals surface area contributed by atoms with Crippen molar-refractivity contribution in [3.8, 4) is 0 Å². The monoisotopic (exact) mass is 419 g/mol. The van der Waals surface area contributed by atoms with E-state index in [1.54, 1.807) is 11.0 Å². The largest absolute Gasteiger partial charge is 0.349 e. The molecule has 1 saturated heterocycles. The third-order valence-electron chi connectivity index (χ3n) is 5.03. The molecule has 2 aromatic rings. The van der Waals surface area contributed by atoms with Crippen LogP contribution in [0.5, 0.6) is 0 Å². The first-order valence-electron chi connectivity index (χ1n) is 9.53. The zero-order valence-corrected chi connectivity index (χ0v) is 17.5. The molecule has 2 aromatic carbocycles. The molecule has 1 aliphatic rings. The SMILES string of the molecule is CC(=O)NC(CC(=O)N1CCNCC1c1cccc(F)c1)c1ccc(C)cc1.Cl. The Balaban J connectivity index is 0.00000300. The highest BCUT2D eigenvalue weighted by Gasteiger charge is 2.30. The third kappa shape index (κ3) is 6.02. The minimum Gasteiger partial charge on any atom is -0.349 e. The van der Waals surface area contributed by atoms with Crippen molar-refractivity contribution in [3.63, 3.8) is 0 Å². The van der Waals surface area contributed by atoms with Gasteiger partial charge in [-0.3, -0.25) is 9.59 Å². The fraction of sp³-hybridized carbons (Fsp3) is 0.364. The number of carbonyl (C=O) groups excluding carboxylic acids is 2. The number of amides is 2. The van der Waals surface area contributed by atoms with E-state index < -0.39 is 6.04 Å². The van der Waals surface area contributed by atoms with Gasteiger partial charge in [-0.2, -0.15) is 0 Å². The summed E-state index contributed by atoms with van der Waals surface area (Å²) in [5, 5.41) is 6.16. The Kier molecular flexibility index (Phi) is 8.17. The summed E-state index contributed by atoms with van der Waals surface area (Å²) >= 11 is 0. The van der Waals surface area contributed by atoms with Crippen LogP contribution in [0.1, 0.15) is 42.1 Å². The zero-order chi connectivity index (χ0) is 20.1. The van der Waals surface area contributed by atoms with Gasteiger partial charge in [0.2, 0.25) is 11.8 Å². The summed E-state index contributed by atoms with van der Waals surface area (Å²) in [6.45, 7) is 5.25. The van der Waals surface area contributed by atoms with Gasteiger partial charge in [-0.1, -0.05) is 42.0 Å². The van der Waals surface area contributed by atoms with Crippen LogP contribution in [0.15, 0.2) is 48.5 Å². The van der Waals surface area contributed by atoms with Crippen molar-refractivity contribution >= 4 is 24.2 Å². The number of rotatable bonds is 5. The summed E-state index contributed by atoms with van der Waals surface area (Å²) in [6, 6.07) is 13.6. The molecule has 0 radical (unpaired) electrons. The Hall–Kier alpha value is -2.44. The quantitative estimate of drug-likeness (QED) is 0.781. The van der Waals surface area contributed by atoms with Crippen LogP contribution in [0.3, 0.4) is 0 Å². The molecule has 0 bridgehead atoms. The van der Waals surface area contributed by atoms with E-state index in [1.807, 2.05) is 37.3 Å². The number of carbonyl (C=O) groups is 2. The molecule has 1 fully saturated rings. The number of hydrogen-bond donors (Lipinski definition) is 2. The van der Waals surface area contributed by atoms with Crippen LogP contribution in [0.4, 0.5) is 4.39 Å². The molecular weight excluding hydrogens is 393 g/mol. The Labute approximate surface area is 177 Å². The summed E-state index contributed by atoms with van der Waals surface area (Å²) in [5.74, 6) is -0.554. The lowest BCUT2D eigenvalue weighted by atomic mass is 9.99. The minimum absolute atomic E-state index is 0. The predicted molar refractivity (Wildman–Crippen MR) is 113 cm³/mol. The lowest BCUT2D eigenvalue weighted by molar-refractivity contribution is -0.135. The van der Waals surface area contributed by atoms with Crippen molar-refractivity contribution in [2.45, 2.75) is 32.4 Å². The van der Waals surface area contributed by atoms with Crippen LogP contribution in [-0.4, -0.2) is 36.3 Å². The first-order valence-corrected chi connectivity index (χ1v) is 9.53. The zero-order valence-electron chi connectivity index (χ0n) is 16.7. The first-order chi connectivity index (χ1) is 13.4. The molecule has 0 saturated carbocycles. The Morgan fingerprint density at radius 2 is 1.97 bits per heavy atom. The van der Waals surface area contributed by atoms with Crippen LogP contribution >= 0.6 is 12.4 Å². The summed E-state index contributed by atoms with van der Waals surface area (Å²) < 4.78 is 13.7. The van der Waals surface area contributed by atoms with Gasteiger partial charge in [-0.05, 0) is 30.2 Å². The van der Waals surface area contributed by atoms with Crippen molar-refractivity contribution in [3.05, 3.63) is 71.0 Å². The van der Waals surface area contributed by atoms with E-state index in [4.69, 9.17) is 0 Å². The van der Waals surface area contributed by atoms with Crippen LogP contribution in [0.2, 0.25) is 0 Å². The molecule has 0 aliphatic carbocycles. The number of benzene rings is 2. The second-order valence-corrected chi connectivity index (χ2v) is 7.23. The highest BCUT2D eigenvalue weighted by atomic mass is 35.5. The third-order valence-corrected chi connectivity index (χ3v) is 5.03. The maximum absolute atomic E-state index is 13.7. The Morgan fingerprint density at radius 3 is 2.62 bits per heavy atom. The lowest BCUT2D eigenvalue weighted by Crippen LogP contribution is -2.49. The van der Waals surface area contributed by atoms with Crippen molar-refractivity contribution in [2.75, 3.05) is 19.6 Å². The van der Waals surface area contributed by atoms with Gasteiger partial charge in [0, 0.05) is 26.6 Å². The van der Waals surface area contributed by atoms with Gasteiger partial charge >= 0.3 is 0 Å². The van der Waals surface area contributed by atoms with Crippen molar-refractivity contribution in [1.29, 1.82) is 0 Å². The van der Waals surface area contributed by atoms with E-state index in [2.05, 4.69) is 10.6 Å². The fourth-order valence-corrected chi connectivity index (χ4v) is 3.60. The first kappa shape index (κ1) is 22.8. The normalized spacial score (nSPS) is 17.2. The lowest BCUT2D eigenvalue weighted by Gasteiger charge is -2.37. The highest BCUT2D eigenvalue weighted by Crippen LogP contribution is 2.26. The van der Waals surface area contributed by atoms with Gasteiger partial charge < -0.3 is 15.5 Å². The molecule has 2 unspecified atom stereocenters. The van der Waals surface area contributed by atoms with Crippen LogP contribution in [0, 0.1) is 12.7 Å². The number of nitrogens with one attached hydrogen (secondary N) is 2. The van der Waals surface area contributed by atoms with Crippen LogP contribution < -0.4 is 10.6 Å². The minimum atomic E-state index is -0.395. The van der Waals surface area contributed by atoms with E-state index in [1.165, 1.54) is 19.1 Å². The molecular formula is C22H27ClFN3O2. The molecule has 3 rings (SSSR count). The fourth-order valence-electron chi connectivity index (χ4n) is 3.60. The molecule has 5 nitrogen and oxygen atoms in total. The highest BCUT2D eigenvalue weighted by molar-refractivity contribution is 5.85. The number of nitrogens with zero attached hydrogens (tertiary/aromatic N) is 1. The van der Waals surface area contributed by atoms with Crippen molar-refractivity contribution in [1.82, 2.24) is 15.5 Å². The standard InChI is InChI=1S/C22H26FN3O2.ClH/c1-15-6-8-17(9-7-15)20(25-16(2)27)13-22(28)26-11-10-24-14-21(26)18-4-3-5-19(23)12-18;/h3-9,12,20-21,24H,10-11,13-14H2,1-2H3,(H,25,27);1H. The molecule has 1 aliphatic heterocycles. The molecule has 2 atom stereocenters. The molecule has 0 aromatic heterocycles. The number of aryl methyl sites for hydroxylation is 1. The molecule has 29 heavy (non-hydrogen) atoms. The second kappa shape index (κ2) is 10.4. The van der Waals surface area contributed by atoms with E-state index in [0.29, 0.717) is 19.6 Å². The smallest absolute Gasteiger partial charge is 0.225 e. The molecule has 2 N–H and O–H groups in total. The van der Waals surface area contributed by atoms with Crippen LogP contribution in [0.25, 0.3) is 0 Å². The van der Waals surface area contributed by atoms with E-state index >= 15 is 0 Å². The van der Waals surface area contributed by atoms with E-state index in [-0.39, 0.29) is 42.5 Å².